The van der Waals surface area contributed by atoms with Crippen molar-refractivity contribution in [2.45, 2.75) is 20.4 Å². The molecule has 0 spiro atoms. The van der Waals surface area contributed by atoms with Crippen molar-refractivity contribution in [1.82, 2.24) is 15.6 Å². The van der Waals surface area contributed by atoms with Gasteiger partial charge in [0.15, 0.2) is 5.96 Å². The summed E-state index contributed by atoms with van der Waals surface area (Å²) in [5.74, 6) is 2.32. The van der Waals surface area contributed by atoms with Crippen LogP contribution in [0.25, 0.3) is 0 Å². The Balaban J connectivity index is 2.78. The summed E-state index contributed by atoms with van der Waals surface area (Å²) < 4.78 is 0. The fourth-order valence-electron chi connectivity index (χ4n) is 1.76. The third-order valence-corrected chi connectivity index (χ3v) is 2.79. The van der Waals surface area contributed by atoms with Crippen LogP contribution in [-0.2, 0) is 6.54 Å². The number of aromatic nitrogens is 1. The molecule has 0 aliphatic carbocycles. The number of guanidine groups is 1. The van der Waals surface area contributed by atoms with E-state index in [-0.39, 0.29) is 0 Å². The Labute approximate surface area is 128 Å². The van der Waals surface area contributed by atoms with Gasteiger partial charge in [-0.15, -0.1) is 6.58 Å². The van der Waals surface area contributed by atoms with Gasteiger partial charge >= 0.3 is 0 Å². The number of nitrogens with zero attached hydrogens (tertiary/aromatic N) is 3. The summed E-state index contributed by atoms with van der Waals surface area (Å²) >= 11 is 0. The lowest BCUT2D eigenvalue weighted by atomic mass is 10.2. The smallest absolute Gasteiger partial charge is 0.191 e. The second-order valence-corrected chi connectivity index (χ2v) is 5.49. The van der Waals surface area contributed by atoms with Gasteiger partial charge in [-0.1, -0.05) is 26.0 Å². The minimum Gasteiger partial charge on any atom is -0.362 e. The average molecular weight is 289 g/mol. The minimum atomic E-state index is 0.566. The highest BCUT2D eigenvalue weighted by Crippen LogP contribution is 2.15. The number of anilines is 1. The van der Waals surface area contributed by atoms with E-state index in [1.54, 1.807) is 6.20 Å². The fourth-order valence-corrected chi connectivity index (χ4v) is 1.76. The Morgan fingerprint density at radius 3 is 2.81 bits per heavy atom. The first-order valence-electron chi connectivity index (χ1n) is 7.29. The number of pyridine rings is 1. The summed E-state index contributed by atoms with van der Waals surface area (Å²) in [6.07, 6.45) is 3.62. The molecule has 1 aromatic rings. The summed E-state index contributed by atoms with van der Waals surface area (Å²) in [4.78, 5) is 11.0. The molecule has 21 heavy (non-hydrogen) atoms. The summed E-state index contributed by atoms with van der Waals surface area (Å²) in [6, 6.07) is 4.00. The predicted octanol–water partition coefficient (Wildman–Crippen LogP) is 2.02. The van der Waals surface area contributed by atoms with Crippen molar-refractivity contribution in [3.63, 3.8) is 0 Å². The van der Waals surface area contributed by atoms with Crippen LogP contribution in [-0.4, -0.2) is 38.1 Å². The van der Waals surface area contributed by atoms with Crippen LogP contribution in [0.5, 0.6) is 0 Å². The summed E-state index contributed by atoms with van der Waals surface area (Å²) in [6.45, 7) is 10.2. The highest BCUT2D eigenvalue weighted by atomic mass is 15.2. The standard InChI is InChI=1S/C16H27N5/c1-6-9-18-16(19-11-13(2)3)20-12-14-8-7-10-17-15(14)21(4)5/h6-8,10,13H,1,9,11-12H2,2-5H3,(H2,18,19,20). The number of aliphatic imine (C=N–C) groups is 1. The summed E-state index contributed by atoms with van der Waals surface area (Å²) in [7, 11) is 3.98. The van der Waals surface area contributed by atoms with Crippen molar-refractivity contribution in [3.05, 3.63) is 36.5 Å². The first-order chi connectivity index (χ1) is 10.0. The lowest BCUT2D eigenvalue weighted by molar-refractivity contribution is 0.616. The van der Waals surface area contributed by atoms with Gasteiger partial charge in [-0.25, -0.2) is 9.98 Å². The molecule has 0 aliphatic heterocycles. The normalized spacial score (nSPS) is 11.4. The van der Waals surface area contributed by atoms with Gasteiger partial charge in [0.1, 0.15) is 5.82 Å². The SMILES string of the molecule is C=CCNC(=NCc1cccnc1N(C)C)NCC(C)C. The third kappa shape index (κ3) is 6.29. The van der Waals surface area contributed by atoms with Crippen LogP contribution >= 0.6 is 0 Å². The highest BCUT2D eigenvalue weighted by Gasteiger charge is 2.05. The Kier molecular flexibility index (Phi) is 7.29. The number of hydrogen-bond donors (Lipinski definition) is 2. The quantitative estimate of drug-likeness (QED) is 0.458. The van der Waals surface area contributed by atoms with Crippen LogP contribution in [0.1, 0.15) is 19.4 Å². The van der Waals surface area contributed by atoms with E-state index in [0.717, 1.165) is 23.9 Å². The van der Waals surface area contributed by atoms with Crippen LogP contribution in [0.3, 0.4) is 0 Å². The van der Waals surface area contributed by atoms with Gasteiger partial charge in [-0.2, -0.15) is 0 Å². The van der Waals surface area contributed by atoms with E-state index in [4.69, 9.17) is 0 Å². The first-order valence-corrected chi connectivity index (χ1v) is 7.29. The molecule has 5 nitrogen and oxygen atoms in total. The summed E-state index contributed by atoms with van der Waals surface area (Å²) in [5.41, 5.74) is 1.10. The molecule has 1 heterocycles. The van der Waals surface area contributed by atoms with Crippen molar-refractivity contribution in [3.8, 4) is 0 Å². The molecule has 116 valence electrons. The lowest BCUT2D eigenvalue weighted by Gasteiger charge is -2.16. The molecular formula is C16H27N5. The Morgan fingerprint density at radius 2 is 2.19 bits per heavy atom. The second-order valence-electron chi connectivity index (χ2n) is 5.49. The molecule has 0 atom stereocenters. The van der Waals surface area contributed by atoms with Gasteiger partial charge in [0.25, 0.3) is 0 Å². The third-order valence-electron chi connectivity index (χ3n) is 2.79. The zero-order chi connectivity index (χ0) is 15.7. The predicted molar refractivity (Wildman–Crippen MR) is 90.7 cm³/mol. The van der Waals surface area contributed by atoms with E-state index in [0.29, 0.717) is 19.0 Å². The highest BCUT2D eigenvalue weighted by molar-refractivity contribution is 5.80. The fraction of sp³-hybridized carbons (Fsp3) is 0.500. The van der Waals surface area contributed by atoms with Gasteiger partial charge in [0, 0.05) is 38.9 Å². The van der Waals surface area contributed by atoms with Gasteiger partial charge in [0.05, 0.1) is 6.54 Å². The van der Waals surface area contributed by atoms with Crippen LogP contribution in [0.4, 0.5) is 5.82 Å². The number of hydrogen-bond acceptors (Lipinski definition) is 3. The van der Waals surface area contributed by atoms with Crippen molar-refractivity contribution in [2.24, 2.45) is 10.9 Å². The largest absolute Gasteiger partial charge is 0.362 e. The van der Waals surface area contributed by atoms with E-state index in [9.17, 15) is 0 Å². The van der Waals surface area contributed by atoms with Crippen LogP contribution in [0, 0.1) is 5.92 Å². The molecule has 0 bridgehead atoms. The molecule has 0 fully saturated rings. The maximum atomic E-state index is 4.63. The molecule has 1 aromatic heterocycles. The number of nitrogens with one attached hydrogen (secondary N) is 2. The van der Waals surface area contributed by atoms with E-state index in [2.05, 4.69) is 47.1 Å². The molecule has 0 radical (unpaired) electrons. The number of rotatable bonds is 7. The van der Waals surface area contributed by atoms with E-state index >= 15 is 0 Å². The topological polar surface area (TPSA) is 52.6 Å². The first kappa shape index (κ1) is 17.0. The molecule has 5 heteroatoms. The lowest BCUT2D eigenvalue weighted by Crippen LogP contribution is -2.39. The maximum Gasteiger partial charge on any atom is 0.191 e. The van der Waals surface area contributed by atoms with E-state index in [1.165, 1.54) is 0 Å². The Bertz CT molecular complexity index is 465. The van der Waals surface area contributed by atoms with Gasteiger partial charge in [-0.3, -0.25) is 0 Å². The van der Waals surface area contributed by atoms with Crippen molar-refractivity contribution < 1.29 is 0 Å². The molecule has 0 saturated carbocycles. The molecule has 2 N–H and O–H groups in total. The van der Waals surface area contributed by atoms with Gasteiger partial charge in [-0.05, 0) is 12.0 Å². The maximum absolute atomic E-state index is 4.63. The molecular weight excluding hydrogens is 262 g/mol. The molecule has 0 amide bonds. The van der Waals surface area contributed by atoms with Gasteiger partial charge in [0.2, 0.25) is 0 Å². The zero-order valence-corrected chi connectivity index (χ0v) is 13.6. The zero-order valence-electron chi connectivity index (χ0n) is 13.6. The Morgan fingerprint density at radius 1 is 1.43 bits per heavy atom. The average Bonchev–Trinajstić information content (AvgIpc) is 2.46. The van der Waals surface area contributed by atoms with Crippen molar-refractivity contribution in [2.75, 3.05) is 32.1 Å². The molecule has 0 aliphatic rings. The van der Waals surface area contributed by atoms with E-state index in [1.807, 2.05) is 31.1 Å². The van der Waals surface area contributed by atoms with Crippen LogP contribution in [0.2, 0.25) is 0 Å². The van der Waals surface area contributed by atoms with Crippen LogP contribution < -0.4 is 15.5 Å². The minimum absolute atomic E-state index is 0.566. The molecule has 0 aromatic carbocycles. The molecule has 1 rings (SSSR count). The van der Waals surface area contributed by atoms with Gasteiger partial charge < -0.3 is 15.5 Å². The van der Waals surface area contributed by atoms with E-state index < -0.39 is 0 Å². The molecule has 0 saturated heterocycles. The molecule has 0 unspecified atom stereocenters. The Hall–Kier alpha value is -2.04. The monoisotopic (exact) mass is 289 g/mol. The van der Waals surface area contributed by atoms with Crippen LogP contribution in [0.15, 0.2) is 36.0 Å². The van der Waals surface area contributed by atoms with Crippen molar-refractivity contribution in [1.29, 1.82) is 0 Å². The summed E-state index contributed by atoms with van der Waals surface area (Å²) in [5, 5.41) is 6.56. The second kappa shape index (κ2) is 9.00. The van der Waals surface area contributed by atoms with Crippen molar-refractivity contribution >= 4 is 11.8 Å².